The van der Waals surface area contributed by atoms with Crippen LogP contribution in [0.3, 0.4) is 0 Å². The molecule has 3 aromatic rings. The number of carboxylic acid groups (broad SMARTS) is 1. The summed E-state index contributed by atoms with van der Waals surface area (Å²) in [5, 5.41) is 7.12. The van der Waals surface area contributed by atoms with Gasteiger partial charge in [-0.3, -0.25) is 0 Å². The van der Waals surface area contributed by atoms with Crippen molar-refractivity contribution in [2.75, 3.05) is 7.11 Å². The summed E-state index contributed by atoms with van der Waals surface area (Å²) in [6.45, 7) is 2.36. The highest BCUT2D eigenvalue weighted by Crippen LogP contribution is 2.32. The lowest BCUT2D eigenvalue weighted by Gasteiger charge is -2.12. The molecule has 1 aromatic heterocycles. The summed E-state index contributed by atoms with van der Waals surface area (Å²) in [4.78, 5) is 13.5. The Morgan fingerprint density at radius 3 is 2.42 bits per heavy atom. The van der Waals surface area contributed by atoms with E-state index < -0.39 is 23.8 Å². The Morgan fingerprint density at radius 2 is 1.82 bits per heavy atom. The Labute approximate surface area is 187 Å². The molecule has 0 bridgehead atoms. The molecule has 0 amide bonds. The number of aliphatic carboxylic acids is 1. The average Bonchev–Trinajstić information content (AvgIpc) is 3.16. The molecule has 0 fully saturated rings. The Kier molecular flexibility index (Phi) is 8.95. The number of imidazole rings is 1. The Hall–Kier alpha value is -3.43. The first-order valence-corrected chi connectivity index (χ1v) is 9.99. The summed E-state index contributed by atoms with van der Waals surface area (Å²) in [7, 11) is 1.63. The van der Waals surface area contributed by atoms with E-state index in [0.717, 1.165) is 54.1 Å². The fourth-order valence-electron chi connectivity index (χ4n) is 3.06. The van der Waals surface area contributed by atoms with Crippen LogP contribution < -0.4 is 4.74 Å². The van der Waals surface area contributed by atoms with Crippen molar-refractivity contribution in [2.45, 2.75) is 38.9 Å². The third kappa shape index (κ3) is 7.03. The van der Waals surface area contributed by atoms with Crippen LogP contribution in [0.1, 0.15) is 31.0 Å². The smallest absolute Gasteiger partial charge is 0.490 e. The summed E-state index contributed by atoms with van der Waals surface area (Å²) < 4.78 is 66.7. The van der Waals surface area contributed by atoms with Crippen LogP contribution in [-0.4, -0.2) is 33.9 Å². The maximum Gasteiger partial charge on any atom is 0.490 e. The Balaban J connectivity index is 0.000000479. The lowest BCUT2D eigenvalue weighted by Crippen LogP contribution is -2.21. The van der Waals surface area contributed by atoms with Gasteiger partial charge in [-0.2, -0.15) is 13.2 Å². The molecule has 0 radical (unpaired) electrons. The minimum absolute atomic E-state index is 0.241. The molecular formula is C23H23F5N2O3. The fourth-order valence-corrected chi connectivity index (χ4v) is 3.06. The summed E-state index contributed by atoms with van der Waals surface area (Å²) >= 11 is 0. The first-order chi connectivity index (χ1) is 15.6. The number of para-hydroxylation sites is 1. The van der Waals surface area contributed by atoms with Crippen LogP contribution in [0, 0.1) is 11.6 Å². The Bertz CT molecular complexity index is 1080. The van der Waals surface area contributed by atoms with Crippen LogP contribution in [0.15, 0.2) is 48.8 Å². The number of alkyl halides is 3. The highest BCUT2D eigenvalue weighted by atomic mass is 19.4. The third-order valence-electron chi connectivity index (χ3n) is 4.67. The summed E-state index contributed by atoms with van der Waals surface area (Å²) in [6, 6.07) is 11.2. The first-order valence-electron chi connectivity index (χ1n) is 9.99. The molecule has 0 spiro atoms. The van der Waals surface area contributed by atoms with E-state index in [0.29, 0.717) is 5.56 Å². The lowest BCUT2D eigenvalue weighted by molar-refractivity contribution is -0.192. The van der Waals surface area contributed by atoms with Crippen LogP contribution in [0.5, 0.6) is 5.75 Å². The number of methoxy groups -OCH3 is 1. The normalized spacial score (nSPS) is 11.0. The molecule has 33 heavy (non-hydrogen) atoms. The molecule has 0 saturated carbocycles. The number of hydrogen-bond donors (Lipinski definition) is 1. The van der Waals surface area contributed by atoms with Crippen LogP contribution >= 0.6 is 0 Å². The number of nitrogens with zero attached hydrogens (tertiary/aromatic N) is 2. The number of carboxylic acids is 1. The molecule has 2 aromatic carbocycles. The quantitative estimate of drug-likeness (QED) is 0.440. The van der Waals surface area contributed by atoms with Gasteiger partial charge in [-0.05, 0) is 43.2 Å². The molecule has 0 unspecified atom stereocenters. The molecule has 178 valence electrons. The van der Waals surface area contributed by atoms with E-state index in [1.807, 2.05) is 28.8 Å². The van der Waals surface area contributed by atoms with Gasteiger partial charge in [0, 0.05) is 16.8 Å². The van der Waals surface area contributed by atoms with Crippen LogP contribution in [-0.2, 0) is 17.8 Å². The monoisotopic (exact) mass is 470 g/mol. The number of aromatic nitrogens is 2. The van der Waals surface area contributed by atoms with Gasteiger partial charge in [0.05, 0.1) is 25.7 Å². The van der Waals surface area contributed by atoms with Gasteiger partial charge in [-0.25, -0.2) is 18.6 Å². The van der Waals surface area contributed by atoms with Crippen molar-refractivity contribution in [2.24, 2.45) is 0 Å². The zero-order valence-electron chi connectivity index (χ0n) is 18.0. The van der Waals surface area contributed by atoms with E-state index in [1.54, 1.807) is 13.4 Å². The van der Waals surface area contributed by atoms with E-state index in [1.165, 1.54) is 6.07 Å². The number of carbonyl (C=O) groups is 1. The van der Waals surface area contributed by atoms with Gasteiger partial charge in [-0.15, -0.1) is 0 Å². The summed E-state index contributed by atoms with van der Waals surface area (Å²) in [5.41, 5.74) is 3.04. The minimum atomic E-state index is -5.08. The maximum atomic E-state index is 14.1. The van der Waals surface area contributed by atoms with Crippen LogP contribution in [0.25, 0.3) is 11.3 Å². The predicted octanol–water partition coefficient (Wildman–Crippen LogP) is 5.86. The van der Waals surface area contributed by atoms with Crippen molar-refractivity contribution in [1.82, 2.24) is 9.55 Å². The molecule has 1 heterocycles. The van der Waals surface area contributed by atoms with Crippen molar-refractivity contribution in [3.63, 3.8) is 0 Å². The number of rotatable bonds is 7. The zero-order chi connectivity index (χ0) is 24.6. The number of hydrogen-bond acceptors (Lipinski definition) is 3. The molecule has 0 atom stereocenters. The van der Waals surface area contributed by atoms with Gasteiger partial charge in [0.15, 0.2) is 0 Å². The van der Waals surface area contributed by atoms with E-state index in [-0.39, 0.29) is 6.54 Å². The highest BCUT2D eigenvalue weighted by molar-refractivity contribution is 5.73. The van der Waals surface area contributed by atoms with E-state index >= 15 is 0 Å². The number of unbranched alkanes of at least 4 members (excludes halogenated alkanes) is 1. The van der Waals surface area contributed by atoms with E-state index in [4.69, 9.17) is 14.6 Å². The van der Waals surface area contributed by atoms with Gasteiger partial charge in [-0.1, -0.05) is 25.5 Å². The second kappa shape index (κ2) is 11.4. The number of halogens is 5. The van der Waals surface area contributed by atoms with Gasteiger partial charge < -0.3 is 14.4 Å². The molecule has 5 nitrogen and oxygen atoms in total. The molecule has 3 rings (SSSR count). The second-order valence-corrected chi connectivity index (χ2v) is 7.01. The van der Waals surface area contributed by atoms with E-state index in [9.17, 15) is 22.0 Å². The van der Waals surface area contributed by atoms with Crippen molar-refractivity contribution < 1.29 is 36.6 Å². The molecule has 0 aliphatic heterocycles. The average molecular weight is 470 g/mol. The first kappa shape index (κ1) is 25.8. The van der Waals surface area contributed by atoms with Crippen LogP contribution in [0.2, 0.25) is 0 Å². The van der Waals surface area contributed by atoms with Crippen molar-refractivity contribution in [1.29, 1.82) is 0 Å². The van der Waals surface area contributed by atoms with Gasteiger partial charge in [0.25, 0.3) is 0 Å². The molecule has 10 heteroatoms. The standard InChI is InChI=1S/C21H22F2N2O.C2HF3O2/c1-3-4-8-19-21(17-7-5-6-9-20(17)26-2)24-14-25(19)13-15-12-16(22)10-11-18(15)23;3-2(4,5)1(6)7/h5-7,9-12,14H,3-4,8,13H2,1-2H3;(H,6,7). The third-order valence-corrected chi connectivity index (χ3v) is 4.67. The minimum Gasteiger partial charge on any atom is -0.496 e. The molecule has 1 N–H and O–H groups in total. The van der Waals surface area contributed by atoms with Crippen molar-refractivity contribution in [3.05, 3.63) is 71.7 Å². The largest absolute Gasteiger partial charge is 0.496 e. The molecule has 0 aliphatic carbocycles. The zero-order valence-corrected chi connectivity index (χ0v) is 18.0. The lowest BCUT2D eigenvalue weighted by atomic mass is 10.1. The van der Waals surface area contributed by atoms with Gasteiger partial charge >= 0.3 is 12.1 Å². The molecular weight excluding hydrogens is 447 g/mol. The molecule has 0 aliphatic rings. The van der Waals surface area contributed by atoms with Gasteiger partial charge in [0.2, 0.25) is 0 Å². The topological polar surface area (TPSA) is 64.4 Å². The van der Waals surface area contributed by atoms with Crippen molar-refractivity contribution >= 4 is 5.97 Å². The molecule has 0 saturated heterocycles. The predicted molar refractivity (Wildman–Crippen MR) is 112 cm³/mol. The second-order valence-electron chi connectivity index (χ2n) is 7.01. The highest BCUT2D eigenvalue weighted by Gasteiger charge is 2.38. The fraction of sp³-hybridized carbons (Fsp3) is 0.304. The van der Waals surface area contributed by atoms with Crippen molar-refractivity contribution in [3.8, 4) is 17.0 Å². The SMILES string of the molecule is CCCCc1c(-c2ccccc2OC)ncn1Cc1cc(F)ccc1F.O=C(O)C(F)(F)F. The van der Waals surface area contributed by atoms with Crippen LogP contribution in [0.4, 0.5) is 22.0 Å². The van der Waals surface area contributed by atoms with Gasteiger partial charge in [0.1, 0.15) is 17.4 Å². The number of ether oxygens (including phenoxy) is 1. The Morgan fingerprint density at radius 1 is 1.15 bits per heavy atom. The number of benzene rings is 2. The maximum absolute atomic E-state index is 14.1. The van der Waals surface area contributed by atoms with E-state index in [2.05, 4.69) is 11.9 Å². The summed E-state index contributed by atoms with van der Waals surface area (Å²) in [6.07, 6.45) is -0.567. The summed E-state index contributed by atoms with van der Waals surface area (Å²) in [5.74, 6) is -2.87.